The second kappa shape index (κ2) is 5.24. The van der Waals surface area contributed by atoms with Crippen molar-refractivity contribution in [3.63, 3.8) is 0 Å². The van der Waals surface area contributed by atoms with Crippen LogP contribution in [0.15, 0.2) is 24.3 Å². The van der Waals surface area contributed by atoms with Crippen LogP contribution < -0.4 is 9.64 Å². The van der Waals surface area contributed by atoms with Crippen LogP contribution in [0.25, 0.3) is 0 Å². The third-order valence-electron chi connectivity index (χ3n) is 2.13. The third kappa shape index (κ3) is 2.87. The lowest BCUT2D eigenvalue weighted by Crippen LogP contribution is -2.29. The van der Waals surface area contributed by atoms with Gasteiger partial charge in [0.2, 0.25) is 0 Å². The fourth-order valence-electron chi connectivity index (χ4n) is 1.42. The first-order valence-corrected chi connectivity index (χ1v) is 4.78. The molecule has 0 aliphatic carbocycles. The van der Waals surface area contributed by atoms with Gasteiger partial charge in [-0.25, -0.2) is 0 Å². The summed E-state index contributed by atoms with van der Waals surface area (Å²) in [6.45, 7) is 2.53. The number of carboxylic acids is 1. The molecule has 0 heterocycles. The van der Waals surface area contributed by atoms with Gasteiger partial charge in [-0.3, -0.25) is 4.79 Å². The molecule has 0 atom stereocenters. The molecule has 4 heteroatoms. The van der Waals surface area contributed by atoms with Crippen molar-refractivity contribution in [1.82, 2.24) is 0 Å². The number of methoxy groups -OCH3 is 1. The predicted octanol–water partition coefficient (Wildman–Crippen LogP) is 1.61. The number of hydrogen-bond donors (Lipinski definition) is 1. The average Bonchev–Trinajstić information content (AvgIpc) is 2.25. The van der Waals surface area contributed by atoms with E-state index < -0.39 is 5.97 Å². The zero-order valence-corrected chi connectivity index (χ0v) is 8.93. The van der Waals surface area contributed by atoms with E-state index in [0.29, 0.717) is 12.3 Å². The van der Waals surface area contributed by atoms with Gasteiger partial charge in [-0.1, -0.05) is 12.1 Å². The van der Waals surface area contributed by atoms with Crippen molar-refractivity contribution in [2.75, 3.05) is 25.1 Å². The van der Waals surface area contributed by atoms with Crippen molar-refractivity contribution in [3.05, 3.63) is 24.3 Å². The molecule has 0 aliphatic rings. The number of aliphatic carboxylic acids is 1. The molecular formula is C11H15NO3. The maximum Gasteiger partial charge on any atom is 0.323 e. The number of rotatable bonds is 5. The maximum absolute atomic E-state index is 10.7. The van der Waals surface area contributed by atoms with Crippen molar-refractivity contribution in [1.29, 1.82) is 0 Å². The Labute approximate surface area is 89.1 Å². The Morgan fingerprint density at radius 1 is 1.47 bits per heavy atom. The maximum atomic E-state index is 10.7. The van der Waals surface area contributed by atoms with Gasteiger partial charge < -0.3 is 14.7 Å². The minimum Gasteiger partial charge on any atom is -0.495 e. The lowest BCUT2D eigenvalue weighted by molar-refractivity contribution is -0.135. The van der Waals surface area contributed by atoms with Gasteiger partial charge in [0.1, 0.15) is 12.3 Å². The zero-order valence-electron chi connectivity index (χ0n) is 8.93. The number of carboxylic acid groups (broad SMARTS) is 1. The SMILES string of the molecule is CCN(CC(=O)O)c1ccccc1OC. The van der Waals surface area contributed by atoms with Crippen molar-refractivity contribution >= 4 is 11.7 Å². The molecule has 0 spiro atoms. The van der Waals surface area contributed by atoms with Crippen LogP contribution in [0.4, 0.5) is 5.69 Å². The van der Waals surface area contributed by atoms with Gasteiger partial charge in [-0.15, -0.1) is 0 Å². The highest BCUT2D eigenvalue weighted by molar-refractivity contribution is 5.75. The van der Waals surface area contributed by atoms with E-state index in [9.17, 15) is 4.79 Å². The molecule has 0 unspecified atom stereocenters. The van der Waals surface area contributed by atoms with Gasteiger partial charge >= 0.3 is 5.97 Å². The summed E-state index contributed by atoms with van der Waals surface area (Å²) in [5.41, 5.74) is 0.810. The highest BCUT2D eigenvalue weighted by Crippen LogP contribution is 2.26. The summed E-state index contributed by atoms with van der Waals surface area (Å²) in [4.78, 5) is 12.4. The number of ether oxygens (including phenoxy) is 1. The molecule has 1 aromatic rings. The van der Waals surface area contributed by atoms with Crippen LogP contribution in [-0.4, -0.2) is 31.3 Å². The Kier molecular flexibility index (Phi) is 3.97. The van der Waals surface area contributed by atoms with E-state index in [-0.39, 0.29) is 6.54 Å². The normalized spacial score (nSPS) is 9.73. The molecule has 0 saturated carbocycles. The lowest BCUT2D eigenvalue weighted by atomic mass is 10.2. The van der Waals surface area contributed by atoms with E-state index in [1.54, 1.807) is 12.0 Å². The van der Waals surface area contributed by atoms with Gasteiger partial charge in [-0.05, 0) is 19.1 Å². The second-order valence-corrected chi connectivity index (χ2v) is 3.08. The highest BCUT2D eigenvalue weighted by atomic mass is 16.5. The van der Waals surface area contributed by atoms with E-state index in [4.69, 9.17) is 9.84 Å². The molecule has 1 aromatic carbocycles. The van der Waals surface area contributed by atoms with Gasteiger partial charge in [0.05, 0.1) is 12.8 Å². The summed E-state index contributed by atoms with van der Waals surface area (Å²) in [6.07, 6.45) is 0. The predicted molar refractivity (Wildman–Crippen MR) is 58.5 cm³/mol. The molecule has 1 rings (SSSR count). The van der Waals surface area contributed by atoms with E-state index in [2.05, 4.69) is 0 Å². The summed E-state index contributed by atoms with van der Waals surface area (Å²) in [7, 11) is 1.58. The fourth-order valence-corrected chi connectivity index (χ4v) is 1.42. The van der Waals surface area contributed by atoms with Gasteiger partial charge in [0.25, 0.3) is 0 Å². The minimum absolute atomic E-state index is 0.0170. The fraction of sp³-hybridized carbons (Fsp3) is 0.364. The van der Waals surface area contributed by atoms with Crippen LogP contribution in [0.5, 0.6) is 5.75 Å². The molecule has 0 fully saturated rings. The molecule has 0 radical (unpaired) electrons. The number of likely N-dealkylation sites (N-methyl/N-ethyl adjacent to an activating group) is 1. The summed E-state index contributed by atoms with van der Waals surface area (Å²) >= 11 is 0. The number of benzene rings is 1. The topological polar surface area (TPSA) is 49.8 Å². The lowest BCUT2D eigenvalue weighted by Gasteiger charge is -2.22. The van der Waals surface area contributed by atoms with E-state index >= 15 is 0 Å². The van der Waals surface area contributed by atoms with E-state index in [1.165, 1.54) is 0 Å². The van der Waals surface area contributed by atoms with Gasteiger partial charge in [-0.2, -0.15) is 0 Å². The number of para-hydroxylation sites is 2. The van der Waals surface area contributed by atoms with Gasteiger partial charge in [0.15, 0.2) is 0 Å². The summed E-state index contributed by atoms with van der Waals surface area (Å²) in [6, 6.07) is 7.39. The van der Waals surface area contributed by atoms with Crippen LogP contribution in [-0.2, 0) is 4.79 Å². The molecule has 0 aromatic heterocycles. The van der Waals surface area contributed by atoms with Crippen LogP contribution in [0.2, 0.25) is 0 Å². The van der Waals surface area contributed by atoms with Crippen molar-refractivity contribution in [2.45, 2.75) is 6.92 Å². The summed E-state index contributed by atoms with van der Waals surface area (Å²) < 4.78 is 5.18. The average molecular weight is 209 g/mol. The van der Waals surface area contributed by atoms with E-state index in [1.807, 2.05) is 31.2 Å². The third-order valence-corrected chi connectivity index (χ3v) is 2.13. The van der Waals surface area contributed by atoms with Crippen LogP contribution in [0.1, 0.15) is 6.92 Å². The first-order chi connectivity index (χ1) is 7.19. The van der Waals surface area contributed by atoms with Crippen LogP contribution in [0.3, 0.4) is 0 Å². The molecule has 0 amide bonds. The second-order valence-electron chi connectivity index (χ2n) is 3.08. The van der Waals surface area contributed by atoms with Crippen LogP contribution >= 0.6 is 0 Å². The first kappa shape index (κ1) is 11.4. The molecule has 15 heavy (non-hydrogen) atoms. The smallest absolute Gasteiger partial charge is 0.323 e. The Hall–Kier alpha value is -1.71. The Morgan fingerprint density at radius 2 is 2.13 bits per heavy atom. The Morgan fingerprint density at radius 3 is 2.67 bits per heavy atom. The standard InChI is InChI=1S/C11H15NO3/c1-3-12(8-11(13)14)9-6-4-5-7-10(9)15-2/h4-7H,3,8H2,1-2H3,(H,13,14). The van der Waals surface area contributed by atoms with Crippen molar-refractivity contribution < 1.29 is 14.6 Å². The number of nitrogens with zero attached hydrogens (tertiary/aromatic N) is 1. The molecule has 82 valence electrons. The van der Waals surface area contributed by atoms with E-state index in [0.717, 1.165) is 5.69 Å². The molecule has 1 N–H and O–H groups in total. The molecule has 0 aliphatic heterocycles. The summed E-state index contributed by atoms with van der Waals surface area (Å²) in [5, 5.41) is 8.76. The molecule has 0 bridgehead atoms. The quantitative estimate of drug-likeness (QED) is 0.800. The number of hydrogen-bond acceptors (Lipinski definition) is 3. The molecular weight excluding hydrogens is 194 g/mol. The number of anilines is 1. The van der Waals surface area contributed by atoms with Crippen molar-refractivity contribution in [2.24, 2.45) is 0 Å². The van der Waals surface area contributed by atoms with Gasteiger partial charge in [0, 0.05) is 6.54 Å². The highest BCUT2D eigenvalue weighted by Gasteiger charge is 2.12. The zero-order chi connectivity index (χ0) is 11.3. The minimum atomic E-state index is -0.845. The largest absolute Gasteiger partial charge is 0.495 e. The molecule has 4 nitrogen and oxygen atoms in total. The Balaban J connectivity index is 2.95. The molecule has 0 saturated heterocycles. The monoisotopic (exact) mass is 209 g/mol. The summed E-state index contributed by atoms with van der Waals surface area (Å²) in [5.74, 6) is -0.150. The first-order valence-electron chi connectivity index (χ1n) is 4.78. The Bertz CT molecular complexity index is 338. The number of carbonyl (C=O) groups is 1. The van der Waals surface area contributed by atoms with Crippen LogP contribution in [0, 0.1) is 0 Å². The van der Waals surface area contributed by atoms with Crippen molar-refractivity contribution in [3.8, 4) is 5.75 Å².